The van der Waals surface area contributed by atoms with E-state index >= 15 is 0 Å². The van der Waals surface area contributed by atoms with E-state index in [0.717, 1.165) is 6.07 Å². The maximum absolute atomic E-state index is 12.2. The van der Waals surface area contributed by atoms with E-state index in [9.17, 15) is 13.2 Å². The molecule has 0 atom stereocenters. The summed E-state index contributed by atoms with van der Waals surface area (Å²) in [5, 5.41) is 9.13. The van der Waals surface area contributed by atoms with Gasteiger partial charge in [-0.25, -0.2) is 17.9 Å². The highest BCUT2D eigenvalue weighted by Crippen LogP contribution is 2.19. The van der Waals surface area contributed by atoms with Crippen molar-refractivity contribution in [1.82, 2.24) is 9.29 Å². The van der Waals surface area contributed by atoms with Crippen LogP contribution in [0.5, 0.6) is 0 Å². The summed E-state index contributed by atoms with van der Waals surface area (Å²) in [7, 11) is -3.78. The van der Waals surface area contributed by atoms with Crippen LogP contribution in [0, 0.1) is 0 Å². The molecule has 0 unspecified atom stereocenters. The maximum Gasteiger partial charge on any atom is 0.352 e. The van der Waals surface area contributed by atoms with E-state index in [2.05, 4.69) is 4.72 Å². The Hall–Kier alpha value is -2.06. The molecule has 2 aromatic heterocycles. The second kappa shape index (κ2) is 5.74. The van der Waals surface area contributed by atoms with Gasteiger partial charge in [0, 0.05) is 24.3 Å². The van der Waals surface area contributed by atoms with Crippen LogP contribution < -0.4 is 4.72 Å². The van der Waals surface area contributed by atoms with Gasteiger partial charge in [-0.1, -0.05) is 0 Å². The van der Waals surface area contributed by atoms with E-state index in [1.807, 2.05) is 0 Å². The topological polar surface area (TPSA) is 102 Å². The van der Waals surface area contributed by atoms with Crippen molar-refractivity contribution in [2.45, 2.75) is 31.3 Å². The van der Waals surface area contributed by atoms with Crippen LogP contribution in [0.1, 0.15) is 35.9 Å². The first-order valence-corrected chi connectivity index (χ1v) is 7.75. The van der Waals surface area contributed by atoms with Crippen molar-refractivity contribution in [3.05, 3.63) is 42.1 Å². The molecular formula is C13H16N2O5S. The van der Waals surface area contributed by atoms with Crippen LogP contribution in [0.2, 0.25) is 0 Å². The lowest BCUT2D eigenvalue weighted by Crippen LogP contribution is -2.22. The van der Waals surface area contributed by atoms with Crippen LogP contribution in [0.15, 0.2) is 40.2 Å². The van der Waals surface area contributed by atoms with Gasteiger partial charge >= 0.3 is 5.97 Å². The van der Waals surface area contributed by atoms with Gasteiger partial charge in [-0.15, -0.1) is 0 Å². The smallest absolute Gasteiger partial charge is 0.352 e. The average molecular weight is 312 g/mol. The van der Waals surface area contributed by atoms with Crippen LogP contribution in [-0.4, -0.2) is 24.1 Å². The number of nitrogens with zero attached hydrogens (tertiary/aromatic N) is 1. The number of hydrogen-bond donors (Lipinski definition) is 2. The van der Waals surface area contributed by atoms with Crippen LogP contribution >= 0.6 is 0 Å². The molecule has 2 aromatic rings. The second-order valence-corrected chi connectivity index (χ2v) is 6.59. The van der Waals surface area contributed by atoms with Gasteiger partial charge in [0.05, 0.1) is 12.5 Å². The molecule has 21 heavy (non-hydrogen) atoms. The summed E-state index contributed by atoms with van der Waals surface area (Å²) in [5.41, 5.74) is 0.619. The minimum Gasteiger partial charge on any atom is -0.477 e. The van der Waals surface area contributed by atoms with Crippen LogP contribution in [0.25, 0.3) is 0 Å². The lowest BCUT2D eigenvalue weighted by Gasteiger charge is -2.09. The van der Waals surface area contributed by atoms with Gasteiger partial charge < -0.3 is 14.1 Å². The summed E-state index contributed by atoms with van der Waals surface area (Å²) >= 11 is 0. The van der Waals surface area contributed by atoms with Gasteiger partial charge in [-0.3, -0.25) is 0 Å². The van der Waals surface area contributed by atoms with Gasteiger partial charge in [-0.05, 0) is 26.0 Å². The molecule has 0 radical (unpaired) electrons. The normalized spacial score (nSPS) is 12.0. The number of sulfonamides is 1. The SMILES string of the molecule is CC(C)n1cc(S(=O)(=O)NCc2ccoc2)cc1C(=O)O. The predicted octanol–water partition coefficient (Wildman–Crippen LogP) is 1.84. The van der Waals surface area contributed by atoms with Crippen molar-refractivity contribution >= 4 is 16.0 Å². The molecule has 0 aliphatic rings. The van der Waals surface area contributed by atoms with Crippen LogP contribution in [0.4, 0.5) is 0 Å². The molecule has 0 aliphatic heterocycles. The van der Waals surface area contributed by atoms with Crippen molar-refractivity contribution in [2.24, 2.45) is 0 Å². The number of carboxylic acid groups (broad SMARTS) is 1. The molecule has 8 heteroatoms. The Morgan fingerprint density at radius 3 is 2.67 bits per heavy atom. The number of carboxylic acids is 1. The third-order valence-electron chi connectivity index (χ3n) is 2.96. The molecule has 114 valence electrons. The Balaban J connectivity index is 2.27. The van der Waals surface area contributed by atoms with Gasteiger partial charge in [-0.2, -0.15) is 0 Å². The number of aromatic carboxylic acids is 1. The van der Waals surface area contributed by atoms with E-state index in [1.165, 1.54) is 23.3 Å². The molecular weight excluding hydrogens is 296 g/mol. The van der Waals surface area contributed by atoms with E-state index in [1.54, 1.807) is 19.9 Å². The standard InChI is InChI=1S/C13H16N2O5S/c1-9(2)15-7-11(5-12(15)13(16)17)21(18,19)14-6-10-3-4-20-8-10/h3-5,7-9,14H,6H2,1-2H3,(H,16,17). The van der Waals surface area contributed by atoms with Gasteiger partial charge in [0.25, 0.3) is 0 Å². The Morgan fingerprint density at radius 2 is 2.19 bits per heavy atom. The van der Waals surface area contributed by atoms with E-state index < -0.39 is 16.0 Å². The Bertz CT molecular complexity index is 729. The molecule has 2 rings (SSSR count). The fourth-order valence-corrected chi connectivity index (χ4v) is 2.90. The first-order chi connectivity index (χ1) is 9.81. The molecule has 7 nitrogen and oxygen atoms in total. The summed E-state index contributed by atoms with van der Waals surface area (Å²) in [6.45, 7) is 3.64. The minimum absolute atomic E-state index is 0.0614. The molecule has 0 spiro atoms. The second-order valence-electron chi connectivity index (χ2n) is 4.82. The van der Waals surface area contributed by atoms with E-state index in [0.29, 0.717) is 5.56 Å². The van der Waals surface area contributed by atoms with Crippen LogP contribution in [-0.2, 0) is 16.6 Å². The molecule has 2 heterocycles. The number of nitrogens with one attached hydrogen (secondary N) is 1. The molecule has 0 bridgehead atoms. The lowest BCUT2D eigenvalue weighted by atomic mass is 10.3. The minimum atomic E-state index is -3.78. The maximum atomic E-state index is 12.2. The fraction of sp³-hybridized carbons (Fsp3) is 0.308. The summed E-state index contributed by atoms with van der Waals surface area (Å²) in [6, 6.07) is 2.64. The van der Waals surface area contributed by atoms with Gasteiger partial charge in [0.2, 0.25) is 10.0 Å². The van der Waals surface area contributed by atoms with Crippen molar-refractivity contribution in [3.8, 4) is 0 Å². The van der Waals surface area contributed by atoms with E-state index in [-0.39, 0.29) is 23.2 Å². The first-order valence-electron chi connectivity index (χ1n) is 6.27. The number of hydrogen-bond acceptors (Lipinski definition) is 4. The summed E-state index contributed by atoms with van der Waals surface area (Å²) in [4.78, 5) is 11.1. The Morgan fingerprint density at radius 1 is 1.48 bits per heavy atom. The molecule has 2 N–H and O–H groups in total. The third kappa shape index (κ3) is 3.34. The molecule has 0 saturated carbocycles. The summed E-state index contributed by atoms with van der Waals surface area (Å²) < 4.78 is 33.0. The number of carbonyl (C=O) groups is 1. The first kappa shape index (κ1) is 15.3. The van der Waals surface area contributed by atoms with E-state index in [4.69, 9.17) is 9.52 Å². The highest BCUT2D eigenvalue weighted by Gasteiger charge is 2.22. The van der Waals surface area contributed by atoms with Crippen molar-refractivity contribution in [1.29, 1.82) is 0 Å². The highest BCUT2D eigenvalue weighted by molar-refractivity contribution is 7.89. The van der Waals surface area contributed by atoms with Crippen molar-refractivity contribution in [3.63, 3.8) is 0 Å². The largest absolute Gasteiger partial charge is 0.477 e. The molecule has 0 fully saturated rings. The van der Waals surface area contributed by atoms with Crippen molar-refractivity contribution < 1.29 is 22.7 Å². The third-order valence-corrected chi connectivity index (χ3v) is 4.32. The zero-order chi connectivity index (χ0) is 15.6. The molecule has 0 aromatic carbocycles. The predicted molar refractivity (Wildman–Crippen MR) is 74.5 cm³/mol. The number of rotatable bonds is 6. The zero-order valence-electron chi connectivity index (χ0n) is 11.6. The Kier molecular flexibility index (Phi) is 4.19. The summed E-state index contributed by atoms with van der Waals surface area (Å²) in [6.07, 6.45) is 4.21. The lowest BCUT2D eigenvalue weighted by molar-refractivity contribution is 0.0683. The zero-order valence-corrected chi connectivity index (χ0v) is 12.4. The quantitative estimate of drug-likeness (QED) is 0.847. The summed E-state index contributed by atoms with van der Waals surface area (Å²) in [5.74, 6) is -1.17. The number of aromatic nitrogens is 1. The Labute approximate surface area is 122 Å². The highest BCUT2D eigenvalue weighted by atomic mass is 32.2. The fourth-order valence-electron chi connectivity index (χ4n) is 1.85. The van der Waals surface area contributed by atoms with Crippen LogP contribution in [0.3, 0.4) is 0 Å². The number of furan rings is 1. The average Bonchev–Trinajstić information content (AvgIpc) is 3.06. The molecule has 0 saturated heterocycles. The van der Waals surface area contributed by atoms with Gasteiger partial charge in [0.1, 0.15) is 10.6 Å². The van der Waals surface area contributed by atoms with Crippen molar-refractivity contribution in [2.75, 3.05) is 0 Å². The monoisotopic (exact) mass is 312 g/mol. The molecule has 0 amide bonds. The van der Waals surface area contributed by atoms with Gasteiger partial charge in [0.15, 0.2) is 0 Å². The molecule has 0 aliphatic carbocycles.